The van der Waals surface area contributed by atoms with Crippen LogP contribution in [0.4, 0.5) is 13.2 Å². The highest BCUT2D eigenvalue weighted by Gasteiger charge is 2.30. The highest BCUT2D eigenvalue weighted by atomic mass is 19.4. The van der Waals surface area contributed by atoms with Gasteiger partial charge in [-0.3, -0.25) is 4.90 Å². The Morgan fingerprint density at radius 2 is 2.21 bits per heavy atom. The first-order chi connectivity index (χ1) is 6.47. The van der Waals surface area contributed by atoms with Crippen LogP contribution < -0.4 is 5.32 Å². The summed E-state index contributed by atoms with van der Waals surface area (Å²) in [5.41, 5.74) is 0. The van der Waals surface area contributed by atoms with Gasteiger partial charge in [-0.1, -0.05) is 0 Å². The summed E-state index contributed by atoms with van der Waals surface area (Å²) >= 11 is 0. The molecule has 1 atom stereocenters. The number of alkyl halides is 3. The smallest absolute Gasteiger partial charge is 0.374 e. The summed E-state index contributed by atoms with van der Waals surface area (Å²) in [7, 11) is 1.45. The zero-order chi connectivity index (χ0) is 10.6. The normalized spacial score (nSPS) is 24.2. The number of hydrogen-bond donors (Lipinski definition) is 1. The molecular formula is C8H15F3N2O. The molecule has 1 aliphatic rings. The molecule has 14 heavy (non-hydrogen) atoms. The fourth-order valence-electron chi connectivity index (χ4n) is 1.46. The molecule has 0 bridgehead atoms. The summed E-state index contributed by atoms with van der Waals surface area (Å²) in [6, 6.07) is 0. The van der Waals surface area contributed by atoms with Gasteiger partial charge in [-0.2, -0.15) is 13.2 Å². The number of nitrogens with zero attached hydrogens (tertiary/aromatic N) is 1. The van der Waals surface area contributed by atoms with E-state index in [2.05, 4.69) is 5.32 Å². The van der Waals surface area contributed by atoms with Gasteiger partial charge in [-0.05, 0) is 7.05 Å². The predicted molar refractivity (Wildman–Crippen MR) is 46.2 cm³/mol. The second kappa shape index (κ2) is 4.95. The van der Waals surface area contributed by atoms with Gasteiger partial charge in [0.05, 0.1) is 19.3 Å². The molecule has 0 amide bonds. The van der Waals surface area contributed by atoms with E-state index in [1.807, 2.05) is 0 Å². The van der Waals surface area contributed by atoms with Crippen LogP contribution in [0.25, 0.3) is 0 Å². The maximum absolute atomic E-state index is 12.0. The average molecular weight is 212 g/mol. The molecule has 1 fully saturated rings. The van der Waals surface area contributed by atoms with Gasteiger partial charge in [0, 0.05) is 19.6 Å². The van der Waals surface area contributed by atoms with E-state index in [0.717, 1.165) is 6.54 Å². The second-order valence-electron chi connectivity index (χ2n) is 3.51. The minimum absolute atomic E-state index is 0.129. The van der Waals surface area contributed by atoms with Crippen LogP contribution in [0.3, 0.4) is 0 Å². The van der Waals surface area contributed by atoms with E-state index in [-0.39, 0.29) is 6.10 Å². The van der Waals surface area contributed by atoms with E-state index in [0.29, 0.717) is 19.7 Å². The van der Waals surface area contributed by atoms with Gasteiger partial charge in [-0.25, -0.2) is 0 Å². The monoisotopic (exact) mass is 212 g/mol. The fraction of sp³-hybridized carbons (Fsp3) is 1.00. The van der Waals surface area contributed by atoms with Crippen LogP contribution in [0, 0.1) is 0 Å². The molecule has 0 aromatic carbocycles. The molecule has 0 saturated carbocycles. The van der Waals surface area contributed by atoms with Crippen molar-refractivity contribution >= 4 is 0 Å². The first-order valence-electron chi connectivity index (χ1n) is 4.55. The molecule has 1 N–H and O–H groups in total. The first kappa shape index (κ1) is 11.7. The summed E-state index contributed by atoms with van der Waals surface area (Å²) in [5, 5.41) is 3.07. The Hall–Kier alpha value is -0.330. The average Bonchev–Trinajstić information content (AvgIpc) is 2.02. The summed E-state index contributed by atoms with van der Waals surface area (Å²) in [5.74, 6) is 0. The van der Waals surface area contributed by atoms with E-state index in [4.69, 9.17) is 4.74 Å². The Kier molecular flexibility index (Phi) is 4.15. The quantitative estimate of drug-likeness (QED) is 0.736. The molecule has 1 aliphatic heterocycles. The Balaban J connectivity index is 2.21. The van der Waals surface area contributed by atoms with Crippen molar-refractivity contribution in [2.75, 3.05) is 39.8 Å². The molecule has 0 aliphatic carbocycles. The third-order valence-electron chi connectivity index (χ3n) is 1.97. The lowest BCUT2D eigenvalue weighted by atomic mass is 10.3. The van der Waals surface area contributed by atoms with Gasteiger partial charge in [0.15, 0.2) is 0 Å². The minimum Gasteiger partial charge on any atom is -0.374 e. The molecule has 0 aromatic rings. The van der Waals surface area contributed by atoms with Gasteiger partial charge >= 0.3 is 6.18 Å². The molecule has 0 spiro atoms. The molecule has 3 nitrogen and oxygen atoms in total. The molecule has 0 aromatic heterocycles. The molecule has 1 heterocycles. The Morgan fingerprint density at radius 1 is 1.50 bits per heavy atom. The zero-order valence-electron chi connectivity index (χ0n) is 8.10. The van der Waals surface area contributed by atoms with E-state index in [1.165, 1.54) is 11.9 Å². The molecule has 0 radical (unpaired) electrons. The largest absolute Gasteiger partial charge is 0.401 e. The van der Waals surface area contributed by atoms with Crippen molar-refractivity contribution in [3.05, 3.63) is 0 Å². The van der Waals surface area contributed by atoms with Crippen LogP contribution >= 0.6 is 0 Å². The first-order valence-corrected chi connectivity index (χ1v) is 4.55. The number of nitrogens with one attached hydrogen (secondary N) is 1. The summed E-state index contributed by atoms with van der Waals surface area (Å²) in [4.78, 5) is 1.23. The highest BCUT2D eigenvalue weighted by Crippen LogP contribution is 2.15. The van der Waals surface area contributed by atoms with Gasteiger partial charge in [0.1, 0.15) is 0 Å². The number of halogens is 3. The third-order valence-corrected chi connectivity index (χ3v) is 1.97. The number of morpholine rings is 1. The molecule has 1 saturated heterocycles. The van der Waals surface area contributed by atoms with Gasteiger partial charge in [-0.15, -0.1) is 0 Å². The Morgan fingerprint density at radius 3 is 2.71 bits per heavy atom. The van der Waals surface area contributed by atoms with Crippen molar-refractivity contribution in [1.29, 1.82) is 0 Å². The molecule has 1 rings (SSSR count). The van der Waals surface area contributed by atoms with E-state index >= 15 is 0 Å². The topological polar surface area (TPSA) is 24.5 Å². The Labute approximate surface area is 81.2 Å². The molecule has 1 unspecified atom stereocenters. The number of rotatable bonds is 3. The van der Waals surface area contributed by atoms with Crippen LogP contribution in [0.1, 0.15) is 0 Å². The molecule has 84 valence electrons. The van der Waals surface area contributed by atoms with E-state index in [1.54, 1.807) is 0 Å². The maximum atomic E-state index is 12.0. The maximum Gasteiger partial charge on any atom is 0.401 e. The number of likely N-dealkylation sites (N-methyl/N-ethyl adjacent to an activating group) is 1. The third kappa shape index (κ3) is 4.78. The predicted octanol–water partition coefficient (Wildman–Crippen LogP) is 0.469. The SMILES string of the molecule is CN(CC1CNCCO1)CC(F)(F)F. The standard InChI is InChI=1S/C8H15F3N2O/c1-13(6-8(9,10)11)5-7-4-12-2-3-14-7/h7,12H,2-6H2,1H3. The van der Waals surface area contributed by atoms with Crippen molar-refractivity contribution < 1.29 is 17.9 Å². The van der Waals surface area contributed by atoms with Crippen LogP contribution in [-0.2, 0) is 4.74 Å². The van der Waals surface area contributed by atoms with Gasteiger partial charge < -0.3 is 10.1 Å². The summed E-state index contributed by atoms with van der Waals surface area (Å²) in [6.07, 6.45) is -4.26. The zero-order valence-corrected chi connectivity index (χ0v) is 8.10. The van der Waals surface area contributed by atoms with Crippen LogP contribution in [-0.4, -0.2) is 57.0 Å². The number of ether oxygens (including phenoxy) is 1. The van der Waals surface area contributed by atoms with Crippen molar-refractivity contribution in [2.24, 2.45) is 0 Å². The van der Waals surface area contributed by atoms with E-state index in [9.17, 15) is 13.2 Å². The number of hydrogen-bond acceptors (Lipinski definition) is 3. The van der Waals surface area contributed by atoms with Gasteiger partial charge in [0.25, 0.3) is 0 Å². The minimum atomic E-state index is -4.13. The van der Waals surface area contributed by atoms with Crippen LogP contribution in [0.2, 0.25) is 0 Å². The van der Waals surface area contributed by atoms with Crippen LogP contribution in [0.15, 0.2) is 0 Å². The lowest BCUT2D eigenvalue weighted by Crippen LogP contribution is -2.46. The van der Waals surface area contributed by atoms with Crippen LogP contribution in [0.5, 0.6) is 0 Å². The van der Waals surface area contributed by atoms with Crippen molar-refractivity contribution in [3.8, 4) is 0 Å². The van der Waals surface area contributed by atoms with Crippen molar-refractivity contribution in [3.63, 3.8) is 0 Å². The second-order valence-corrected chi connectivity index (χ2v) is 3.51. The lowest BCUT2D eigenvalue weighted by Gasteiger charge is -2.28. The molecule has 6 heteroatoms. The Bertz CT molecular complexity index is 168. The van der Waals surface area contributed by atoms with E-state index < -0.39 is 12.7 Å². The van der Waals surface area contributed by atoms with Crippen molar-refractivity contribution in [2.45, 2.75) is 12.3 Å². The lowest BCUT2D eigenvalue weighted by molar-refractivity contribution is -0.146. The summed E-state index contributed by atoms with van der Waals surface area (Å²) in [6.45, 7) is 1.41. The highest BCUT2D eigenvalue weighted by molar-refractivity contribution is 4.71. The molecular weight excluding hydrogens is 197 g/mol. The fourth-order valence-corrected chi connectivity index (χ4v) is 1.46. The summed E-state index contributed by atoms with van der Waals surface area (Å²) < 4.78 is 41.2. The van der Waals surface area contributed by atoms with Gasteiger partial charge in [0.2, 0.25) is 0 Å². The van der Waals surface area contributed by atoms with Crippen molar-refractivity contribution in [1.82, 2.24) is 10.2 Å².